The number of benzene rings is 1. The fourth-order valence-electron chi connectivity index (χ4n) is 2.53. The second kappa shape index (κ2) is 6.30. The highest BCUT2D eigenvalue weighted by molar-refractivity contribution is 5.26. The number of nitrogens with zero attached hydrogens (tertiary/aromatic N) is 1. The molecule has 1 saturated heterocycles. The van der Waals surface area contributed by atoms with Crippen LogP contribution in [-0.4, -0.2) is 31.6 Å². The molecule has 1 fully saturated rings. The maximum atomic E-state index is 13.0. The summed E-state index contributed by atoms with van der Waals surface area (Å²) in [5, 5.41) is 3.51. The van der Waals surface area contributed by atoms with E-state index in [0.717, 1.165) is 24.6 Å². The zero-order valence-corrected chi connectivity index (χ0v) is 11.4. The van der Waals surface area contributed by atoms with Crippen molar-refractivity contribution < 1.29 is 4.39 Å². The summed E-state index contributed by atoms with van der Waals surface area (Å²) in [6, 6.07) is 5.03. The second-order valence-corrected chi connectivity index (χ2v) is 5.45. The van der Waals surface area contributed by atoms with Crippen LogP contribution in [0.5, 0.6) is 0 Å². The second-order valence-electron chi connectivity index (χ2n) is 5.45. The maximum absolute atomic E-state index is 13.0. The first kappa shape index (κ1) is 13.5. The third-order valence-corrected chi connectivity index (χ3v) is 3.89. The summed E-state index contributed by atoms with van der Waals surface area (Å²) in [6.45, 7) is 6.31. The van der Waals surface area contributed by atoms with Crippen LogP contribution in [0.15, 0.2) is 18.2 Å². The quantitative estimate of drug-likeness (QED) is 0.883. The van der Waals surface area contributed by atoms with Gasteiger partial charge < -0.3 is 10.2 Å². The van der Waals surface area contributed by atoms with Crippen molar-refractivity contribution in [1.29, 1.82) is 0 Å². The molecule has 1 aliphatic heterocycles. The molecule has 0 atom stereocenters. The van der Waals surface area contributed by atoms with Crippen molar-refractivity contribution >= 4 is 0 Å². The fraction of sp³-hybridized carbons (Fsp3) is 0.600. The Morgan fingerprint density at radius 2 is 2.06 bits per heavy atom. The monoisotopic (exact) mass is 250 g/mol. The lowest BCUT2D eigenvalue weighted by atomic mass is 9.97. The maximum Gasteiger partial charge on any atom is 0.123 e. The molecule has 2 rings (SSSR count). The van der Waals surface area contributed by atoms with Gasteiger partial charge in [0, 0.05) is 6.54 Å². The van der Waals surface area contributed by atoms with E-state index in [0.29, 0.717) is 0 Å². The van der Waals surface area contributed by atoms with Gasteiger partial charge in [-0.05, 0) is 75.6 Å². The lowest BCUT2D eigenvalue weighted by Gasteiger charge is -2.29. The van der Waals surface area contributed by atoms with Crippen LogP contribution in [0, 0.1) is 18.7 Å². The number of aryl methyl sites for hydroxylation is 1. The molecule has 18 heavy (non-hydrogen) atoms. The van der Waals surface area contributed by atoms with E-state index in [2.05, 4.69) is 17.3 Å². The molecular formula is C15H23FN2. The minimum atomic E-state index is -0.147. The molecule has 0 amide bonds. The standard InChI is InChI=1S/C15H23FN2/c1-12-9-15(16)4-3-14(12)11-17-10-13-5-7-18(2)8-6-13/h3-4,9,13,17H,5-8,10-11H2,1-2H3. The van der Waals surface area contributed by atoms with Gasteiger partial charge in [-0.15, -0.1) is 0 Å². The Morgan fingerprint density at radius 3 is 2.72 bits per heavy atom. The van der Waals surface area contributed by atoms with Gasteiger partial charge in [-0.25, -0.2) is 4.39 Å². The van der Waals surface area contributed by atoms with E-state index in [1.165, 1.54) is 31.5 Å². The zero-order valence-electron chi connectivity index (χ0n) is 11.4. The molecule has 0 aromatic heterocycles. The third-order valence-electron chi connectivity index (χ3n) is 3.89. The first-order valence-electron chi connectivity index (χ1n) is 6.79. The average Bonchev–Trinajstić information content (AvgIpc) is 2.34. The molecular weight excluding hydrogens is 227 g/mol. The highest BCUT2D eigenvalue weighted by Crippen LogP contribution is 2.15. The van der Waals surface area contributed by atoms with Crippen LogP contribution in [-0.2, 0) is 6.54 Å². The Kier molecular flexibility index (Phi) is 4.72. The molecule has 0 bridgehead atoms. The topological polar surface area (TPSA) is 15.3 Å². The third kappa shape index (κ3) is 3.79. The van der Waals surface area contributed by atoms with Crippen LogP contribution in [0.4, 0.5) is 4.39 Å². The highest BCUT2D eigenvalue weighted by Gasteiger charge is 2.15. The highest BCUT2D eigenvalue weighted by atomic mass is 19.1. The Bertz CT molecular complexity index is 384. The number of rotatable bonds is 4. The molecule has 2 nitrogen and oxygen atoms in total. The summed E-state index contributed by atoms with van der Waals surface area (Å²) in [7, 11) is 2.19. The van der Waals surface area contributed by atoms with Crippen molar-refractivity contribution in [2.24, 2.45) is 5.92 Å². The van der Waals surface area contributed by atoms with E-state index >= 15 is 0 Å². The van der Waals surface area contributed by atoms with Gasteiger partial charge in [-0.3, -0.25) is 0 Å². The Labute approximate surface area is 109 Å². The molecule has 3 heteroatoms. The summed E-state index contributed by atoms with van der Waals surface area (Å²) in [5.41, 5.74) is 2.23. The van der Waals surface area contributed by atoms with Gasteiger partial charge >= 0.3 is 0 Å². The zero-order chi connectivity index (χ0) is 13.0. The van der Waals surface area contributed by atoms with Crippen molar-refractivity contribution in [3.8, 4) is 0 Å². The predicted molar refractivity (Wildman–Crippen MR) is 73.1 cm³/mol. The van der Waals surface area contributed by atoms with Gasteiger partial charge in [-0.1, -0.05) is 6.07 Å². The minimum Gasteiger partial charge on any atom is -0.312 e. The van der Waals surface area contributed by atoms with E-state index < -0.39 is 0 Å². The molecule has 1 aromatic rings. The molecule has 100 valence electrons. The Hall–Kier alpha value is -0.930. The van der Waals surface area contributed by atoms with Crippen LogP contribution in [0.3, 0.4) is 0 Å². The van der Waals surface area contributed by atoms with E-state index in [4.69, 9.17) is 0 Å². The van der Waals surface area contributed by atoms with E-state index in [1.807, 2.05) is 13.0 Å². The minimum absolute atomic E-state index is 0.147. The Morgan fingerprint density at radius 1 is 1.33 bits per heavy atom. The normalized spacial score (nSPS) is 18.2. The van der Waals surface area contributed by atoms with Crippen LogP contribution < -0.4 is 5.32 Å². The van der Waals surface area contributed by atoms with Gasteiger partial charge in [0.25, 0.3) is 0 Å². The lowest BCUT2D eigenvalue weighted by Crippen LogP contribution is -2.34. The summed E-state index contributed by atoms with van der Waals surface area (Å²) in [4.78, 5) is 2.39. The van der Waals surface area contributed by atoms with Crippen molar-refractivity contribution in [2.75, 3.05) is 26.7 Å². The number of piperidine rings is 1. The van der Waals surface area contributed by atoms with Crippen molar-refractivity contribution in [1.82, 2.24) is 10.2 Å². The van der Waals surface area contributed by atoms with E-state index in [9.17, 15) is 4.39 Å². The molecule has 0 unspecified atom stereocenters. The molecule has 0 aliphatic carbocycles. The van der Waals surface area contributed by atoms with Crippen molar-refractivity contribution in [3.63, 3.8) is 0 Å². The smallest absolute Gasteiger partial charge is 0.123 e. The molecule has 0 saturated carbocycles. The van der Waals surface area contributed by atoms with Gasteiger partial charge in [0.1, 0.15) is 5.82 Å². The molecule has 1 N–H and O–H groups in total. The summed E-state index contributed by atoms with van der Waals surface area (Å²) in [6.07, 6.45) is 2.57. The van der Waals surface area contributed by atoms with Gasteiger partial charge in [-0.2, -0.15) is 0 Å². The SMILES string of the molecule is Cc1cc(F)ccc1CNCC1CCN(C)CC1. The molecule has 0 spiro atoms. The fourth-order valence-corrected chi connectivity index (χ4v) is 2.53. The van der Waals surface area contributed by atoms with Gasteiger partial charge in [0.05, 0.1) is 0 Å². The summed E-state index contributed by atoms with van der Waals surface area (Å²) in [5.74, 6) is 0.647. The predicted octanol–water partition coefficient (Wildman–Crippen LogP) is 2.57. The van der Waals surface area contributed by atoms with Crippen LogP contribution in [0.1, 0.15) is 24.0 Å². The molecule has 1 aromatic carbocycles. The number of hydrogen-bond acceptors (Lipinski definition) is 2. The lowest BCUT2D eigenvalue weighted by molar-refractivity contribution is 0.216. The van der Waals surface area contributed by atoms with Crippen LogP contribution in [0.2, 0.25) is 0 Å². The average molecular weight is 250 g/mol. The number of nitrogens with one attached hydrogen (secondary N) is 1. The Balaban J connectivity index is 1.75. The number of hydrogen-bond donors (Lipinski definition) is 1. The molecule has 0 radical (unpaired) electrons. The largest absolute Gasteiger partial charge is 0.312 e. The van der Waals surface area contributed by atoms with Gasteiger partial charge in [0.15, 0.2) is 0 Å². The van der Waals surface area contributed by atoms with Crippen molar-refractivity contribution in [2.45, 2.75) is 26.3 Å². The molecule has 1 aliphatic rings. The van der Waals surface area contributed by atoms with Crippen LogP contribution in [0.25, 0.3) is 0 Å². The van der Waals surface area contributed by atoms with Crippen molar-refractivity contribution in [3.05, 3.63) is 35.1 Å². The molecule has 1 heterocycles. The number of likely N-dealkylation sites (tertiary alicyclic amines) is 1. The number of halogens is 1. The summed E-state index contributed by atoms with van der Waals surface area (Å²) >= 11 is 0. The summed E-state index contributed by atoms with van der Waals surface area (Å²) < 4.78 is 13.0. The van der Waals surface area contributed by atoms with Gasteiger partial charge in [0.2, 0.25) is 0 Å². The first-order chi connectivity index (χ1) is 8.65. The van der Waals surface area contributed by atoms with E-state index in [1.54, 1.807) is 12.1 Å². The van der Waals surface area contributed by atoms with Crippen LogP contribution >= 0.6 is 0 Å². The first-order valence-corrected chi connectivity index (χ1v) is 6.79. The van der Waals surface area contributed by atoms with E-state index in [-0.39, 0.29) is 5.82 Å².